The number of carbonyl (C=O) groups excluding carboxylic acids is 1. The summed E-state index contributed by atoms with van der Waals surface area (Å²) in [5, 5.41) is 0.836. The Morgan fingerprint density at radius 3 is 2.74 bits per heavy atom. The van der Waals surface area contributed by atoms with Gasteiger partial charge in [0.1, 0.15) is 5.01 Å². The first-order valence-corrected chi connectivity index (χ1v) is 8.36. The summed E-state index contributed by atoms with van der Waals surface area (Å²) in [7, 11) is 3.29. The first kappa shape index (κ1) is 17.6. The van der Waals surface area contributed by atoms with Crippen LogP contribution in [0.5, 0.6) is 0 Å². The molecule has 124 valence electrons. The van der Waals surface area contributed by atoms with E-state index >= 15 is 0 Å². The van der Waals surface area contributed by atoms with E-state index in [1.54, 1.807) is 42.6 Å². The van der Waals surface area contributed by atoms with Gasteiger partial charge in [0.05, 0.1) is 16.8 Å². The minimum absolute atomic E-state index is 0.0302. The van der Waals surface area contributed by atoms with Crippen molar-refractivity contribution in [3.05, 3.63) is 35.3 Å². The monoisotopic (exact) mass is 334 g/mol. The molecule has 0 aliphatic rings. The maximum Gasteiger partial charge on any atom is 0.246 e. The third kappa shape index (κ3) is 5.42. The Morgan fingerprint density at radius 2 is 2.00 bits per heavy atom. The van der Waals surface area contributed by atoms with E-state index in [1.807, 2.05) is 24.3 Å². The average Bonchev–Trinajstić information content (AvgIpc) is 2.98. The van der Waals surface area contributed by atoms with Gasteiger partial charge in [-0.3, -0.25) is 4.79 Å². The molecule has 0 saturated heterocycles. The highest BCUT2D eigenvalue weighted by molar-refractivity contribution is 7.19. The highest BCUT2D eigenvalue weighted by Gasteiger charge is 2.10. The van der Waals surface area contributed by atoms with Gasteiger partial charge in [-0.15, -0.1) is 11.3 Å². The molecule has 0 aliphatic heterocycles. The fourth-order valence-corrected chi connectivity index (χ4v) is 3.01. The second-order valence-corrected chi connectivity index (χ2v) is 6.08. The molecule has 1 amide bonds. The zero-order valence-corrected chi connectivity index (χ0v) is 14.3. The normalized spacial score (nSPS) is 11.4. The SMILES string of the molecule is COCCCN(CCOC)C(=O)C=Cc1nc2ccccc2s1. The van der Waals surface area contributed by atoms with Gasteiger partial charge in [0.15, 0.2) is 0 Å². The summed E-state index contributed by atoms with van der Waals surface area (Å²) in [6.45, 7) is 2.38. The standard InChI is InChI=1S/C17H22N2O3S/c1-21-12-5-10-19(11-13-22-2)17(20)9-8-16-18-14-6-3-4-7-15(14)23-16/h3-4,6-9H,5,10-13H2,1-2H3. The molecule has 6 heteroatoms. The summed E-state index contributed by atoms with van der Waals surface area (Å²) < 4.78 is 11.2. The summed E-state index contributed by atoms with van der Waals surface area (Å²) >= 11 is 1.58. The molecule has 2 aromatic rings. The van der Waals surface area contributed by atoms with E-state index in [-0.39, 0.29) is 5.91 Å². The summed E-state index contributed by atoms with van der Waals surface area (Å²) in [5.74, 6) is -0.0302. The van der Waals surface area contributed by atoms with Crippen LogP contribution >= 0.6 is 11.3 Å². The fraction of sp³-hybridized carbons (Fsp3) is 0.412. The molecule has 0 fully saturated rings. The van der Waals surface area contributed by atoms with Gasteiger partial charge in [0.2, 0.25) is 5.91 Å². The third-order valence-electron chi connectivity index (χ3n) is 3.33. The Morgan fingerprint density at radius 1 is 1.22 bits per heavy atom. The van der Waals surface area contributed by atoms with E-state index in [1.165, 1.54) is 0 Å². The third-order valence-corrected chi connectivity index (χ3v) is 4.33. The lowest BCUT2D eigenvalue weighted by atomic mass is 10.3. The molecular formula is C17H22N2O3S. The Bertz CT molecular complexity index is 621. The van der Waals surface area contributed by atoms with Crippen molar-refractivity contribution in [3.8, 4) is 0 Å². The van der Waals surface area contributed by atoms with E-state index in [9.17, 15) is 4.79 Å². The van der Waals surface area contributed by atoms with Crippen molar-refractivity contribution in [2.75, 3.05) is 40.5 Å². The molecule has 0 bridgehead atoms. The number of fused-ring (bicyclic) bond motifs is 1. The van der Waals surface area contributed by atoms with Crippen molar-refractivity contribution in [1.82, 2.24) is 9.88 Å². The largest absolute Gasteiger partial charge is 0.385 e. The number of amides is 1. The number of benzene rings is 1. The van der Waals surface area contributed by atoms with E-state index in [0.717, 1.165) is 21.6 Å². The molecule has 0 N–H and O–H groups in total. The summed E-state index contributed by atoms with van der Waals surface area (Å²) in [6.07, 6.45) is 4.17. The minimum Gasteiger partial charge on any atom is -0.385 e. The predicted molar refractivity (Wildman–Crippen MR) is 93.6 cm³/mol. The van der Waals surface area contributed by atoms with Crippen LogP contribution in [0, 0.1) is 0 Å². The number of carbonyl (C=O) groups is 1. The van der Waals surface area contributed by atoms with Crippen LogP contribution in [0.2, 0.25) is 0 Å². The van der Waals surface area contributed by atoms with Gasteiger partial charge in [-0.1, -0.05) is 12.1 Å². The molecular weight excluding hydrogens is 312 g/mol. The molecule has 0 aliphatic carbocycles. The van der Waals surface area contributed by atoms with Crippen LogP contribution in [0.4, 0.5) is 0 Å². The van der Waals surface area contributed by atoms with E-state index in [2.05, 4.69) is 4.98 Å². The lowest BCUT2D eigenvalue weighted by molar-refractivity contribution is -0.126. The van der Waals surface area contributed by atoms with Crippen LogP contribution in [0.15, 0.2) is 30.3 Å². The highest BCUT2D eigenvalue weighted by atomic mass is 32.1. The minimum atomic E-state index is -0.0302. The second kappa shape index (κ2) is 9.39. The fourth-order valence-electron chi connectivity index (χ4n) is 2.14. The first-order chi connectivity index (χ1) is 11.2. The number of hydrogen-bond acceptors (Lipinski definition) is 5. The maximum absolute atomic E-state index is 12.4. The lowest BCUT2D eigenvalue weighted by Crippen LogP contribution is -2.34. The van der Waals surface area contributed by atoms with Gasteiger partial charge in [-0.25, -0.2) is 4.98 Å². The van der Waals surface area contributed by atoms with E-state index in [4.69, 9.17) is 9.47 Å². The maximum atomic E-state index is 12.4. The van der Waals surface area contributed by atoms with Crippen molar-refractivity contribution in [1.29, 1.82) is 0 Å². The van der Waals surface area contributed by atoms with Crippen LogP contribution in [-0.4, -0.2) is 56.3 Å². The first-order valence-electron chi connectivity index (χ1n) is 7.55. The number of aromatic nitrogens is 1. The van der Waals surface area contributed by atoms with Gasteiger partial charge >= 0.3 is 0 Å². The quantitative estimate of drug-likeness (QED) is 0.523. The Kier molecular flexibility index (Phi) is 7.19. The molecule has 0 atom stereocenters. The van der Waals surface area contributed by atoms with Gasteiger partial charge < -0.3 is 14.4 Å². The number of ether oxygens (including phenoxy) is 2. The van der Waals surface area contributed by atoms with Crippen molar-refractivity contribution in [2.45, 2.75) is 6.42 Å². The van der Waals surface area contributed by atoms with Gasteiger partial charge in [-0.05, 0) is 24.6 Å². The number of thiazole rings is 1. The zero-order chi connectivity index (χ0) is 16.5. The molecule has 1 aromatic carbocycles. The molecule has 0 saturated carbocycles. The number of para-hydroxylation sites is 1. The molecule has 1 heterocycles. The summed E-state index contributed by atoms with van der Waals surface area (Å²) in [5.41, 5.74) is 0.959. The average molecular weight is 334 g/mol. The van der Waals surface area contributed by atoms with Crippen molar-refractivity contribution in [3.63, 3.8) is 0 Å². The van der Waals surface area contributed by atoms with Crippen molar-refractivity contribution in [2.24, 2.45) is 0 Å². The topological polar surface area (TPSA) is 51.7 Å². The van der Waals surface area contributed by atoms with Crippen molar-refractivity contribution < 1.29 is 14.3 Å². The van der Waals surface area contributed by atoms with E-state index < -0.39 is 0 Å². The second-order valence-electron chi connectivity index (χ2n) is 5.02. The summed E-state index contributed by atoms with van der Waals surface area (Å²) in [6, 6.07) is 7.95. The molecule has 0 spiro atoms. The Hall–Kier alpha value is -1.76. The lowest BCUT2D eigenvalue weighted by Gasteiger charge is -2.20. The Balaban J connectivity index is 2.00. The van der Waals surface area contributed by atoms with Crippen LogP contribution in [0.1, 0.15) is 11.4 Å². The zero-order valence-electron chi connectivity index (χ0n) is 13.5. The van der Waals surface area contributed by atoms with Crippen LogP contribution in [0.25, 0.3) is 16.3 Å². The number of methoxy groups -OCH3 is 2. The molecule has 1 aromatic heterocycles. The molecule has 2 rings (SSSR count). The number of rotatable bonds is 9. The van der Waals surface area contributed by atoms with Crippen LogP contribution < -0.4 is 0 Å². The summed E-state index contributed by atoms with van der Waals surface area (Å²) in [4.78, 5) is 18.6. The van der Waals surface area contributed by atoms with Crippen LogP contribution in [0.3, 0.4) is 0 Å². The van der Waals surface area contributed by atoms with Gasteiger partial charge in [0, 0.05) is 40.0 Å². The predicted octanol–water partition coefficient (Wildman–Crippen LogP) is 2.82. The molecule has 5 nitrogen and oxygen atoms in total. The number of hydrogen-bond donors (Lipinski definition) is 0. The van der Waals surface area contributed by atoms with Crippen LogP contribution in [-0.2, 0) is 14.3 Å². The highest BCUT2D eigenvalue weighted by Crippen LogP contribution is 2.22. The smallest absolute Gasteiger partial charge is 0.246 e. The molecule has 23 heavy (non-hydrogen) atoms. The van der Waals surface area contributed by atoms with Gasteiger partial charge in [-0.2, -0.15) is 0 Å². The molecule has 0 unspecified atom stereocenters. The Labute approximate surface area is 140 Å². The molecule has 0 radical (unpaired) electrons. The van der Waals surface area contributed by atoms with E-state index in [0.29, 0.717) is 26.3 Å². The van der Waals surface area contributed by atoms with Crippen molar-refractivity contribution >= 4 is 33.5 Å². The number of nitrogens with zero attached hydrogens (tertiary/aromatic N) is 2. The van der Waals surface area contributed by atoms with Gasteiger partial charge in [0.25, 0.3) is 0 Å².